The first-order chi connectivity index (χ1) is 13.9. The molecule has 4 rings (SSSR count). The molecule has 0 saturated carbocycles. The molecule has 2 aromatic carbocycles. The van der Waals surface area contributed by atoms with Crippen LogP contribution in [0.3, 0.4) is 0 Å². The Morgan fingerprint density at radius 1 is 1.28 bits per heavy atom. The minimum Gasteiger partial charge on any atom is -0.478 e. The van der Waals surface area contributed by atoms with Crippen molar-refractivity contribution in [2.75, 3.05) is 11.4 Å². The number of anilines is 1. The zero-order chi connectivity index (χ0) is 20.5. The highest BCUT2D eigenvalue weighted by atomic mass is 32.1. The maximum absolute atomic E-state index is 12.6. The van der Waals surface area contributed by atoms with Crippen molar-refractivity contribution in [1.29, 1.82) is 0 Å². The van der Waals surface area contributed by atoms with Crippen LogP contribution in [0.15, 0.2) is 42.5 Å². The van der Waals surface area contributed by atoms with Crippen LogP contribution in [0.2, 0.25) is 0 Å². The minimum atomic E-state index is -1.01. The van der Waals surface area contributed by atoms with Gasteiger partial charge in [0.2, 0.25) is 11.8 Å². The predicted octanol–water partition coefficient (Wildman–Crippen LogP) is 2.97. The van der Waals surface area contributed by atoms with Crippen LogP contribution >= 0.6 is 11.3 Å². The highest BCUT2D eigenvalue weighted by Crippen LogP contribution is 2.30. The monoisotopic (exact) mass is 409 g/mol. The van der Waals surface area contributed by atoms with Gasteiger partial charge in [0.15, 0.2) is 0 Å². The number of fused-ring (bicyclic) bond motifs is 1. The van der Waals surface area contributed by atoms with E-state index < -0.39 is 11.9 Å². The van der Waals surface area contributed by atoms with Crippen molar-refractivity contribution in [2.45, 2.75) is 19.9 Å². The molecule has 2 amide bonds. The van der Waals surface area contributed by atoms with Crippen LogP contribution in [-0.4, -0.2) is 34.4 Å². The second-order valence-corrected chi connectivity index (χ2v) is 8.25. The molecule has 1 aliphatic rings. The number of carbonyl (C=O) groups excluding carboxylic acids is 2. The van der Waals surface area contributed by atoms with Crippen molar-refractivity contribution < 1.29 is 19.5 Å². The summed E-state index contributed by atoms with van der Waals surface area (Å²) in [5.74, 6) is -1.77. The molecule has 0 aliphatic carbocycles. The summed E-state index contributed by atoms with van der Waals surface area (Å²) in [6.07, 6.45) is 0.148. The molecule has 3 aromatic rings. The number of thiazole rings is 1. The summed E-state index contributed by atoms with van der Waals surface area (Å²) in [6.45, 7) is 2.47. The molecule has 7 nitrogen and oxygen atoms in total. The van der Waals surface area contributed by atoms with Crippen LogP contribution < -0.4 is 10.2 Å². The normalized spacial score (nSPS) is 16.4. The molecule has 0 bridgehead atoms. The maximum Gasteiger partial charge on any atom is 0.335 e. The van der Waals surface area contributed by atoms with Crippen molar-refractivity contribution in [3.8, 4) is 0 Å². The lowest BCUT2D eigenvalue weighted by Gasteiger charge is -2.16. The number of carbonyl (C=O) groups is 3. The number of aromatic carboxylic acids is 1. The van der Waals surface area contributed by atoms with E-state index in [0.29, 0.717) is 12.1 Å². The molecule has 1 atom stereocenters. The summed E-state index contributed by atoms with van der Waals surface area (Å²) in [6, 6.07) is 12.1. The van der Waals surface area contributed by atoms with Crippen LogP contribution in [-0.2, 0) is 16.1 Å². The van der Waals surface area contributed by atoms with E-state index in [4.69, 9.17) is 5.11 Å². The van der Waals surface area contributed by atoms with Gasteiger partial charge in [-0.2, -0.15) is 0 Å². The summed E-state index contributed by atoms with van der Waals surface area (Å²) >= 11 is 1.60. The number of nitrogens with zero attached hydrogens (tertiary/aromatic N) is 2. The molecule has 1 aromatic heterocycles. The van der Waals surface area contributed by atoms with Crippen LogP contribution in [0, 0.1) is 12.8 Å². The fourth-order valence-corrected chi connectivity index (χ4v) is 4.29. The zero-order valence-electron chi connectivity index (χ0n) is 15.7. The van der Waals surface area contributed by atoms with Gasteiger partial charge in [-0.1, -0.05) is 12.1 Å². The van der Waals surface area contributed by atoms with Crippen LogP contribution in [0.1, 0.15) is 27.3 Å². The molecule has 0 spiro atoms. The topological polar surface area (TPSA) is 99.6 Å². The van der Waals surface area contributed by atoms with Gasteiger partial charge in [0.1, 0.15) is 0 Å². The largest absolute Gasteiger partial charge is 0.478 e. The molecular formula is C21H19N3O4S. The Hall–Kier alpha value is -3.26. The molecule has 8 heteroatoms. The van der Waals surface area contributed by atoms with Gasteiger partial charge < -0.3 is 15.3 Å². The van der Waals surface area contributed by atoms with Gasteiger partial charge >= 0.3 is 5.97 Å². The van der Waals surface area contributed by atoms with Gasteiger partial charge in [-0.15, -0.1) is 11.3 Å². The third-order valence-electron chi connectivity index (χ3n) is 4.93. The number of amides is 2. The fraction of sp³-hybridized carbons (Fsp3) is 0.238. The first-order valence-corrected chi connectivity index (χ1v) is 10.00. The van der Waals surface area contributed by atoms with Crippen molar-refractivity contribution >= 4 is 45.0 Å². The third kappa shape index (κ3) is 3.97. The lowest BCUT2D eigenvalue weighted by Crippen LogP contribution is -2.32. The molecule has 1 saturated heterocycles. The molecule has 2 N–H and O–H groups in total. The van der Waals surface area contributed by atoms with Gasteiger partial charge in [0.25, 0.3) is 0 Å². The average molecular weight is 409 g/mol. The van der Waals surface area contributed by atoms with Crippen molar-refractivity contribution in [1.82, 2.24) is 10.3 Å². The van der Waals surface area contributed by atoms with E-state index in [1.807, 2.05) is 25.1 Å². The van der Waals surface area contributed by atoms with Crippen LogP contribution in [0.4, 0.5) is 5.69 Å². The second-order valence-electron chi connectivity index (χ2n) is 7.01. The standard InChI is InChI=1S/C21H19N3O4S/c1-12-23-17-9-16(5-6-18(17)29-12)24-11-15(8-19(24)25)20(26)22-10-13-3-2-4-14(7-13)21(27)28/h2-7,9,15H,8,10-11H2,1H3,(H,22,26)(H,27,28). The molecular weight excluding hydrogens is 390 g/mol. The number of rotatable bonds is 5. The predicted molar refractivity (Wildman–Crippen MR) is 110 cm³/mol. The van der Waals surface area contributed by atoms with E-state index in [0.717, 1.165) is 20.9 Å². The fourth-order valence-electron chi connectivity index (χ4n) is 3.48. The Kier molecular flexibility index (Phi) is 5.02. The van der Waals surface area contributed by atoms with Crippen LogP contribution in [0.5, 0.6) is 0 Å². The molecule has 1 fully saturated rings. The maximum atomic E-state index is 12.6. The molecule has 29 heavy (non-hydrogen) atoms. The quantitative estimate of drug-likeness (QED) is 0.675. The van der Waals surface area contributed by atoms with Gasteiger partial charge in [0.05, 0.1) is 26.7 Å². The van der Waals surface area contributed by atoms with Gasteiger partial charge in [0, 0.05) is 25.2 Å². The number of hydrogen-bond donors (Lipinski definition) is 2. The van der Waals surface area contributed by atoms with Crippen molar-refractivity contribution in [3.63, 3.8) is 0 Å². The van der Waals surface area contributed by atoms with Crippen LogP contribution in [0.25, 0.3) is 10.2 Å². The number of aryl methyl sites for hydroxylation is 1. The van der Waals surface area contributed by atoms with E-state index in [9.17, 15) is 14.4 Å². The summed E-state index contributed by atoms with van der Waals surface area (Å²) in [7, 11) is 0. The molecule has 1 unspecified atom stereocenters. The summed E-state index contributed by atoms with van der Waals surface area (Å²) in [5.41, 5.74) is 2.47. The van der Waals surface area contributed by atoms with Gasteiger partial charge in [-0.05, 0) is 42.8 Å². The van der Waals surface area contributed by atoms with Gasteiger partial charge in [-0.3, -0.25) is 9.59 Å². The van der Waals surface area contributed by atoms with E-state index in [1.165, 1.54) is 12.1 Å². The van der Waals surface area contributed by atoms with E-state index in [-0.39, 0.29) is 30.3 Å². The molecule has 2 heterocycles. The Morgan fingerprint density at radius 3 is 2.90 bits per heavy atom. The Morgan fingerprint density at radius 2 is 2.10 bits per heavy atom. The number of hydrogen-bond acceptors (Lipinski definition) is 5. The Balaban J connectivity index is 1.42. The lowest BCUT2D eigenvalue weighted by molar-refractivity contribution is -0.126. The second kappa shape index (κ2) is 7.63. The van der Waals surface area contributed by atoms with E-state index in [1.54, 1.807) is 28.4 Å². The first-order valence-electron chi connectivity index (χ1n) is 9.18. The number of nitrogens with one attached hydrogen (secondary N) is 1. The minimum absolute atomic E-state index is 0.0932. The number of aromatic nitrogens is 1. The first kappa shape index (κ1) is 19.1. The smallest absolute Gasteiger partial charge is 0.335 e. The number of carboxylic acids is 1. The number of benzene rings is 2. The highest BCUT2D eigenvalue weighted by Gasteiger charge is 2.35. The zero-order valence-corrected chi connectivity index (χ0v) is 16.5. The summed E-state index contributed by atoms with van der Waals surface area (Å²) in [5, 5.41) is 12.8. The third-order valence-corrected chi connectivity index (χ3v) is 5.88. The van der Waals surface area contributed by atoms with Crippen molar-refractivity contribution in [3.05, 3.63) is 58.6 Å². The molecule has 148 valence electrons. The SMILES string of the molecule is Cc1nc2cc(N3CC(C(=O)NCc4cccc(C(=O)O)c4)CC3=O)ccc2s1. The summed E-state index contributed by atoms with van der Waals surface area (Å²) in [4.78, 5) is 42.2. The lowest BCUT2D eigenvalue weighted by atomic mass is 10.1. The average Bonchev–Trinajstić information content (AvgIpc) is 3.27. The molecule has 1 aliphatic heterocycles. The Bertz CT molecular complexity index is 1120. The van der Waals surface area contributed by atoms with E-state index >= 15 is 0 Å². The van der Waals surface area contributed by atoms with Crippen molar-refractivity contribution in [2.24, 2.45) is 5.92 Å². The van der Waals surface area contributed by atoms with E-state index in [2.05, 4.69) is 10.3 Å². The highest BCUT2D eigenvalue weighted by molar-refractivity contribution is 7.18. The number of carboxylic acid groups (broad SMARTS) is 1. The van der Waals surface area contributed by atoms with Gasteiger partial charge in [-0.25, -0.2) is 9.78 Å². The Labute approximate surface area is 171 Å². The molecule has 0 radical (unpaired) electrons. The summed E-state index contributed by atoms with van der Waals surface area (Å²) < 4.78 is 1.07.